The molecule has 0 aliphatic rings. The molecule has 1 aromatic heterocycles. The number of hydrogen-bond acceptors (Lipinski definition) is 13. The van der Waals surface area contributed by atoms with E-state index in [0.29, 0.717) is 5.13 Å². The summed E-state index contributed by atoms with van der Waals surface area (Å²) in [6.07, 6.45) is 0.657. The molecule has 2 aromatic rings. The number of nitrogens with one attached hydrogen (secondary N) is 1. The Balaban J connectivity index is 0. The molecule has 0 radical (unpaired) electrons. The zero-order valence-corrected chi connectivity index (χ0v) is 25.9. The van der Waals surface area contributed by atoms with Crippen LogP contribution in [0.5, 0.6) is 0 Å². The third-order valence-electron chi connectivity index (χ3n) is 3.47. The zero-order valence-electron chi connectivity index (χ0n) is 17.4. The third-order valence-corrected chi connectivity index (χ3v) is 7.30. The summed E-state index contributed by atoms with van der Waals surface area (Å²) in [5.74, 6) is -1.52. The minimum atomic E-state index is -5.31. The summed E-state index contributed by atoms with van der Waals surface area (Å²) in [5, 5.41) is 23.6. The number of nitrogens with zero attached hydrogens (tertiary/aromatic N) is 3. The SMILES string of the molecule is O=C([O-])c1cc(NCCCC(S(=O)(=O)[O-])S(=O)(=O)[O-])ccc1N=Nc1nccs1.[Na+].[Na+].[Na+]. The van der Waals surface area contributed by atoms with Crippen LogP contribution < -0.4 is 99.1 Å². The van der Waals surface area contributed by atoms with E-state index >= 15 is 0 Å². The molecule has 1 N–H and O–H groups in total. The van der Waals surface area contributed by atoms with Crippen LogP contribution in [0.4, 0.5) is 16.5 Å². The largest absolute Gasteiger partial charge is 1.00 e. The van der Waals surface area contributed by atoms with Crippen LogP contribution in [-0.4, -0.2) is 48.0 Å². The second-order valence-corrected chi connectivity index (χ2v) is 9.80. The molecule has 2 rings (SSSR count). The normalized spacial score (nSPS) is 11.3. The van der Waals surface area contributed by atoms with E-state index in [1.54, 1.807) is 5.38 Å². The van der Waals surface area contributed by atoms with Crippen molar-refractivity contribution in [3.05, 3.63) is 35.3 Å². The predicted molar refractivity (Wildman–Crippen MR) is 98.0 cm³/mol. The molecular weight excluding hydrogens is 517 g/mol. The first-order valence-corrected chi connectivity index (χ1v) is 11.6. The second-order valence-electron chi connectivity index (χ2n) is 5.52. The summed E-state index contributed by atoms with van der Waals surface area (Å²) in [4.78, 5) is 15.2. The van der Waals surface area contributed by atoms with Crippen molar-refractivity contribution < 1.29 is 125 Å². The first-order chi connectivity index (χ1) is 13.5. The molecule has 1 aromatic carbocycles. The summed E-state index contributed by atoms with van der Waals surface area (Å²) in [6.45, 7) is -0.0337. The van der Waals surface area contributed by atoms with Gasteiger partial charge in [-0.3, -0.25) is 0 Å². The Labute approximate surface area is 255 Å². The molecular formula is C14H13N4Na3O8S3. The van der Waals surface area contributed by atoms with Gasteiger partial charge in [0, 0.05) is 29.4 Å². The van der Waals surface area contributed by atoms with Crippen LogP contribution in [0.3, 0.4) is 0 Å². The van der Waals surface area contributed by atoms with Crippen molar-refractivity contribution in [3.63, 3.8) is 0 Å². The van der Waals surface area contributed by atoms with Gasteiger partial charge in [-0.15, -0.1) is 21.6 Å². The number of carbonyl (C=O) groups is 1. The summed E-state index contributed by atoms with van der Waals surface area (Å²) < 4.78 is 62.8. The molecule has 12 nitrogen and oxygen atoms in total. The molecule has 0 aliphatic heterocycles. The standard InChI is InChI=1S/C14H16N4O8S3.3Na/c19-13(20)10-8-9(3-4-11(10)17-18-14-16-6-7-27-14)15-5-1-2-12(28(21,22)23)29(24,25)26;;;/h3-4,6-8,12,15H,1-2,5H2,(H,19,20)(H,21,22,23)(H,24,25,26);;;/q;3*+1/p-3. The molecule has 32 heavy (non-hydrogen) atoms. The van der Waals surface area contributed by atoms with E-state index in [1.807, 2.05) is 0 Å². The number of hydrogen-bond donors (Lipinski definition) is 1. The van der Waals surface area contributed by atoms with E-state index in [1.165, 1.54) is 35.7 Å². The minimum absolute atomic E-state index is 0. The fourth-order valence-corrected chi connectivity index (χ4v) is 4.71. The van der Waals surface area contributed by atoms with Gasteiger partial charge in [0.25, 0.3) is 0 Å². The van der Waals surface area contributed by atoms with Crippen molar-refractivity contribution in [3.8, 4) is 0 Å². The number of aromatic nitrogens is 1. The second kappa shape index (κ2) is 15.5. The van der Waals surface area contributed by atoms with Gasteiger partial charge >= 0.3 is 88.7 Å². The van der Waals surface area contributed by atoms with E-state index in [9.17, 15) is 35.8 Å². The molecule has 0 aliphatic carbocycles. The third kappa shape index (κ3) is 11.3. The van der Waals surface area contributed by atoms with Gasteiger partial charge in [0.15, 0.2) is 0 Å². The van der Waals surface area contributed by atoms with E-state index in [-0.39, 0.29) is 119 Å². The number of carboxylic acids is 1. The monoisotopic (exact) mass is 530 g/mol. The van der Waals surface area contributed by atoms with Crippen molar-refractivity contribution in [2.75, 3.05) is 11.9 Å². The van der Waals surface area contributed by atoms with Crippen LogP contribution >= 0.6 is 11.3 Å². The van der Waals surface area contributed by atoms with Gasteiger partial charge in [0.1, 0.15) is 24.8 Å². The minimum Gasteiger partial charge on any atom is -0.747 e. The van der Waals surface area contributed by atoms with Crippen molar-refractivity contribution in [1.29, 1.82) is 0 Å². The van der Waals surface area contributed by atoms with Crippen LogP contribution in [0.2, 0.25) is 0 Å². The fourth-order valence-electron chi connectivity index (χ4n) is 2.19. The molecule has 0 saturated heterocycles. The number of thiazole rings is 1. The summed E-state index contributed by atoms with van der Waals surface area (Å²) >= 11 is 1.20. The van der Waals surface area contributed by atoms with Crippen molar-refractivity contribution in [1.82, 2.24) is 4.98 Å². The fraction of sp³-hybridized carbons (Fsp3) is 0.286. The smallest absolute Gasteiger partial charge is 0.747 e. The van der Waals surface area contributed by atoms with Crippen LogP contribution in [0.1, 0.15) is 23.2 Å². The maximum Gasteiger partial charge on any atom is 1.00 e. The first kappa shape index (κ1) is 34.7. The molecule has 158 valence electrons. The average Bonchev–Trinajstić information content (AvgIpc) is 3.11. The van der Waals surface area contributed by atoms with Gasteiger partial charge in [0.2, 0.25) is 5.13 Å². The number of anilines is 1. The molecule has 0 unspecified atom stereocenters. The predicted octanol–water partition coefficient (Wildman–Crippen LogP) is -8.46. The van der Waals surface area contributed by atoms with Crippen LogP contribution in [0.15, 0.2) is 40.0 Å². The van der Waals surface area contributed by atoms with E-state index in [4.69, 9.17) is 0 Å². The molecule has 0 saturated carbocycles. The molecule has 0 atom stereocenters. The molecule has 0 spiro atoms. The van der Waals surface area contributed by atoms with Gasteiger partial charge in [-0.2, -0.15) is 0 Å². The summed E-state index contributed by atoms with van der Waals surface area (Å²) in [6, 6.07) is 3.99. The first-order valence-electron chi connectivity index (χ1n) is 7.78. The maximum absolute atomic E-state index is 11.3. The average molecular weight is 530 g/mol. The Morgan fingerprint density at radius 2 is 1.72 bits per heavy atom. The number of aromatic carboxylic acids is 1. The summed E-state index contributed by atoms with van der Waals surface area (Å²) in [7, 11) is -10.6. The molecule has 0 fully saturated rings. The number of carboxylic acid groups (broad SMARTS) is 1. The van der Waals surface area contributed by atoms with Crippen LogP contribution in [0.25, 0.3) is 0 Å². The molecule has 18 heteroatoms. The maximum atomic E-state index is 11.3. The summed E-state index contributed by atoms with van der Waals surface area (Å²) in [5.41, 5.74) is 0.0158. The van der Waals surface area contributed by atoms with Crippen molar-refractivity contribution >= 4 is 54.0 Å². The van der Waals surface area contributed by atoms with E-state index < -0.39 is 37.2 Å². The van der Waals surface area contributed by atoms with Crippen molar-refractivity contribution in [2.24, 2.45) is 10.2 Å². The number of rotatable bonds is 10. The number of carbonyl (C=O) groups excluding carboxylic acids is 1. The van der Waals surface area contributed by atoms with Crippen LogP contribution in [-0.2, 0) is 20.2 Å². The molecule has 0 bridgehead atoms. The quantitative estimate of drug-likeness (QED) is 0.133. The Hall–Kier alpha value is 0.540. The van der Waals surface area contributed by atoms with Gasteiger partial charge < -0.3 is 24.3 Å². The van der Waals surface area contributed by atoms with Gasteiger partial charge in [-0.25, -0.2) is 21.8 Å². The van der Waals surface area contributed by atoms with Gasteiger partial charge in [-0.1, -0.05) is 0 Å². The number of benzene rings is 1. The van der Waals surface area contributed by atoms with Crippen LogP contribution in [0, 0.1) is 0 Å². The Kier molecular flexibility index (Phi) is 16.8. The Morgan fingerprint density at radius 1 is 1.09 bits per heavy atom. The molecule has 1 heterocycles. The van der Waals surface area contributed by atoms with E-state index in [0.717, 1.165) is 0 Å². The van der Waals surface area contributed by atoms with Gasteiger partial charge in [-0.05, 0) is 31.0 Å². The topological polar surface area (TPSA) is 204 Å². The Bertz CT molecular complexity index is 1080. The Morgan fingerprint density at radius 3 is 2.22 bits per heavy atom. The van der Waals surface area contributed by atoms with Crippen molar-refractivity contribution in [2.45, 2.75) is 17.4 Å². The zero-order chi connectivity index (χ0) is 21.7. The number of azo groups is 1. The van der Waals surface area contributed by atoms with E-state index in [2.05, 4.69) is 20.5 Å². The van der Waals surface area contributed by atoms with Gasteiger partial charge in [0.05, 0.1) is 11.7 Å². The molecule has 0 amide bonds.